The molecule has 0 aliphatic carbocycles. The minimum Gasteiger partial charge on any atom is -0.406 e. The molecule has 1 aromatic rings. The second-order valence-corrected chi connectivity index (χ2v) is 4.04. The van der Waals surface area contributed by atoms with Crippen LogP contribution >= 0.6 is 0 Å². The minimum absolute atomic E-state index is 0.122. The highest BCUT2D eigenvalue weighted by Gasteiger charge is 2.22. The molecular formula is C10H17N5O2. The number of rotatable bonds is 3. The van der Waals surface area contributed by atoms with Gasteiger partial charge in [-0.25, -0.2) is 4.79 Å². The smallest absolute Gasteiger partial charge is 0.325 e. The molecule has 2 rings (SSSR count). The summed E-state index contributed by atoms with van der Waals surface area (Å²) in [5.41, 5.74) is 0. The molecule has 2 N–H and O–H groups in total. The third kappa shape index (κ3) is 2.73. The molecule has 0 aromatic carbocycles. The quantitative estimate of drug-likeness (QED) is 0.821. The summed E-state index contributed by atoms with van der Waals surface area (Å²) >= 11 is 0. The standard InChI is InChI=1S/C10H17N5O2/c1-3-15(2)10(16)12-9-14-13-8(17-9)7-5-4-6-11-7/h7,11H,3-6H2,1-2H3,(H,12,14,16). The molecule has 7 heteroatoms. The first kappa shape index (κ1) is 11.8. The van der Waals surface area contributed by atoms with E-state index >= 15 is 0 Å². The number of hydrogen-bond donors (Lipinski definition) is 2. The molecule has 0 saturated carbocycles. The lowest BCUT2D eigenvalue weighted by Crippen LogP contribution is -2.31. The first-order valence-electron chi connectivity index (χ1n) is 5.79. The zero-order valence-corrected chi connectivity index (χ0v) is 10.1. The molecule has 1 aliphatic rings. The summed E-state index contributed by atoms with van der Waals surface area (Å²) in [6, 6.07) is 0.0261. The Bertz CT molecular complexity index is 386. The van der Waals surface area contributed by atoms with Crippen molar-refractivity contribution in [3.63, 3.8) is 0 Å². The Kier molecular flexibility index (Phi) is 3.58. The van der Waals surface area contributed by atoms with Gasteiger partial charge in [0.1, 0.15) is 0 Å². The van der Waals surface area contributed by atoms with E-state index in [1.165, 1.54) is 4.90 Å². The molecule has 1 fully saturated rings. The molecule has 2 amide bonds. The Hall–Kier alpha value is -1.63. The van der Waals surface area contributed by atoms with Crippen LogP contribution in [0.2, 0.25) is 0 Å². The third-order valence-corrected chi connectivity index (χ3v) is 2.83. The van der Waals surface area contributed by atoms with Crippen LogP contribution in [0, 0.1) is 0 Å². The fourth-order valence-corrected chi connectivity index (χ4v) is 1.65. The number of nitrogens with zero attached hydrogens (tertiary/aromatic N) is 3. The lowest BCUT2D eigenvalue weighted by molar-refractivity contribution is 0.224. The molecule has 0 radical (unpaired) electrons. The van der Waals surface area contributed by atoms with Gasteiger partial charge in [0, 0.05) is 13.6 Å². The van der Waals surface area contributed by atoms with Crippen LogP contribution in [-0.4, -0.2) is 41.3 Å². The van der Waals surface area contributed by atoms with Crippen LogP contribution in [0.25, 0.3) is 0 Å². The van der Waals surface area contributed by atoms with Crippen molar-refractivity contribution in [3.05, 3.63) is 5.89 Å². The number of amides is 2. The van der Waals surface area contributed by atoms with Crippen molar-refractivity contribution in [3.8, 4) is 0 Å². The zero-order valence-electron chi connectivity index (χ0n) is 10.1. The molecular weight excluding hydrogens is 222 g/mol. The van der Waals surface area contributed by atoms with E-state index in [0.29, 0.717) is 12.4 Å². The number of carbonyl (C=O) groups is 1. The fourth-order valence-electron chi connectivity index (χ4n) is 1.65. The van der Waals surface area contributed by atoms with E-state index in [1.807, 2.05) is 6.92 Å². The van der Waals surface area contributed by atoms with E-state index in [-0.39, 0.29) is 18.1 Å². The highest BCUT2D eigenvalue weighted by Crippen LogP contribution is 2.22. The molecule has 1 saturated heterocycles. The van der Waals surface area contributed by atoms with Crippen LogP contribution in [0.1, 0.15) is 31.7 Å². The van der Waals surface area contributed by atoms with Gasteiger partial charge in [-0.1, -0.05) is 5.10 Å². The Balaban J connectivity index is 1.96. The van der Waals surface area contributed by atoms with Gasteiger partial charge in [-0.15, -0.1) is 5.10 Å². The first-order valence-corrected chi connectivity index (χ1v) is 5.79. The first-order chi connectivity index (χ1) is 8.20. The predicted octanol–water partition coefficient (Wildman–Crippen LogP) is 0.978. The van der Waals surface area contributed by atoms with Crippen molar-refractivity contribution in [2.75, 3.05) is 25.5 Å². The van der Waals surface area contributed by atoms with E-state index in [2.05, 4.69) is 20.8 Å². The number of anilines is 1. The SMILES string of the molecule is CCN(C)C(=O)Nc1nnc(C2CCCN2)o1. The van der Waals surface area contributed by atoms with Gasteiger partial charge in [-0.05, 0) is 26.3 Å². The molecule has 1 atom stereocenters. The van der Waals surface area contributed by atoms with Gasteiger partial charge in [0.05, 0.1) is 6.04 Å². The van der Waals surface area contributed by atoms with Crippen LogP contribution in [0.5, 0.6) is 0 Å². The summed E-state index contributed by atoms with van der Waals surface area (Å²) in [6.07, 6.45) is 2.09. The van der Waals surface area contributed by atoms with Crippen LogP contribution in [0.4, 0.5) is 10.8 Å². The van der Waals surface area contributed by atoms with Crippen molar-refractivity contribution < 1.29 is 9.21 Å². The molecule has 1 unspecified atom stereocenters. The summed E-state index contributed by atoms with van der Waals surface area (Å²) in [6.45, 7) is 3.48. The van der Waals surface area contributed by atoms with Crippen LogP contribution in [0.3, 0.4) is 0 Å². The monoisotopic (exact) mass is 239 g/mol. The normalized spacial score (nSPS) is 19.3. The molecule has 0 spiro atoms. The topological polar surface area (TPSA) is 83.3 Å². The average Bonchev–Trinajstić information content (AvgIpc) is 2.97. The lowest BCUT2D eigenvalue weighted by atomic mass is 10.2. The highest BCUT2D eigenvalue weighted by atomic mass is 16.4. The Morgan fingerprint density at radius 3 is 3.12 bits per heavy atom. The van der Waals surface area contributed by atoms with Crippen molar-refractivity contribution in [1.82, 2.24) is 20.4 Å². The van der Waals surface area contributed by atoms with Crippen molar-refractivity contribution in [2.24, 2.45) is 0 Å². The molecule has 94 valence electrons. The van der Waals surface area contributed by atoms with E-state index in [4.69, 9.17) is 4.42 Å². The summed E-state index contributed by atoms with van der Waals surface area (Å²) < 4.78 is 5.39. The van der Waals surface area contributed by atoms with Gasteiger partial charge in [0.2, 0.25) is 5.89 Å². The molecule has 1 aliphatic heterocycles. The Morgan fingerprint density at radius 2 is 2.47 bits per heavy atom. The van der Waals surface area contributed by atoms with E-state index in [0.717, 1.165) is 19.4 Å². The number of nitrogens with one attached hydrogen (secondary N) is 2. The summed E-state index contributed by atoms with van der Waals surface area (Å²) in [4.78, 5) is 13.1. The van der Waals surface area contributed by atoms with Gasteiger partial charge in [-0.3, -0.25) is 5.32 Å². The number of urea groups is 1. The maximum absolute atomic E-state index is 11.5. The Labute approximate surface area is 99.6 Å². The number of carbonyl (C=O) groups excluding carboxylic acids is 1. The molecule has 1 aromatic heterocycles. The van der Waals surface area contributed by atoms with E-state index in [1.54, 1.807) is 7.05 Å². The third-order valence-electron chi connectivity index (χ3n) is 2.83. The number of hydrogen-bond acceptors (Lipinski definition) is 5. The summed E-state index contributed by atoms with van der Waals surface area (Å²) in [5.74, 6) is 0.539. The zero-order chi connectivity index (χ0) is 12.3. The van der Waals surface area contributed by atoms with Gasteiger partial charge in [0.25, 0.3) is 0 Å². The largest absolute Gasteiger partial charge is 0.406 e. The second kappa shape index (κ2) is 5.13. The van der Waals surface area contributed by atoms with Crippen LogP contribution in [0.15, 0.2) is 4.42 Å². The van der Waals surface area contributed by atoms with E-state index in [9.17, 15) is 4.79 Å². The number of aromatic nitrogens is 2. The Morgan fingerprint density at radius 1 is 1.65 bits per heavy atom. The van der Waals surface area contributed by atoms with Gasteiger partial charge >= 0.3 is 12.0 Å². The van der Waals surface area contributed by atoms with Gasteiger partial charge in [-0.2, -0.15) is 0 Å². The highest BCUT2D eigenvalue weighted by molar-refractivity contribution is 5.86. The van der Waals surface area contributed by atoms with Gasteiger partial charge in [0.15, 0.2) is 0 Å². The maximum atomic E-state index is 11.5. The van der Waals surface area contributed by atoms with E-state index < -0.39 is 0 Å². The predicted molar refractivity (Wildman–Crippen MR) is 61.6 cm³/mol. The van der Waals surface area contributed by atoms with Crippen molar-refractivity contribution in [1.29, 1.82) is 0 Å². The average molecular weight is 239 g/mol. The van der Waals surface area contributed by atoms with Crippen molar-refractivity contribution >= 4 is 12.0 Å². The maximum Gasteiger partial charge on any atom is 0.325 e. The van der Waals surface area contributed by atoms with Crippen LogP contribution in [-0.2, 0) is 0 Å². The lowest BCUT2D eigenvalue weighted by Gasteiger charge is -2.12. The van der Waals surface area contributed by atoms with Crippen LogP contribution < -0.4 is 10.6 Å². The molecule has 17 heavy (non-hydrogen) atoms. The molecule has 0 bridgehead atoms. The molecule has 2 heterocycles. The fraction of sp³-hybridized carbons (Fsp3) is 0.700. The molecule has 7 nitrogen and oxygen atoms in total. The summed E-state index contributed by atoms with van der Waals surface area (Å²) in [5, 5.41) is 13.5. The second-order valence-electron chi connectivity index (χ2n) is 4.04. The summed E-state index contributed by atoms with van der Waals surface area (Å²) in [7, 11) is 1.70. The van der Waals surface area contributed by atoms with Crippen molar-refractivity contribution in [2.45, 2.75) is 25.8 Å². The van der Waals surface area contributed by atoms with Gasteiger partial charge < -0.3 is 14.6 Å². The minimum atomic E-state index is -0.248.